The summed E-state index contributed by atoms with van der Waals surface area (Å²) in [6.07, 6.45) is 0. The maximum Gasteiger partial charge on any atom is 0.233 e. The van der Waals surface area contributed by atoms with Crippen molar-refractivity contribution in [1.29, 1.82) is 0 Å². The van der Waals surface area contributed by atoms with Gasteiger partial charge in [0.05, 0.1) is 18.4 Å². The lowest BCUT2D eigenvalue weighted by atomic mass is 10.1. The molecular weight excluding hydrogens is 379 g/mol. The molecule has 0 saturated carbocycles. The highest BCUT2D eigenvalue weighted by Crippen LogP contribution is 2.24. The zero-order valence-corrected chi connectivity index (χ0v) is 16.6. The van der Waals surface area contributed by atoms with E-state index in [9.17, 15) is 9.18 Å². The van der Waals surface area contributed by atoms with Gasteiger partial charge in [0.2, 0.25) is 11.1 Å². The van der Waals surface area contributed by atoms with Crippen molar-refractivity contribution in [2.45, 2.75) is 30.3 Å². The van der Waals surface area contributed by atoms with E-state index in [-0.39, 0.29) is 23.0 Å². The van der Waals surface area contributed by atoms with Gasteiger partial charge in [-0.05, 0) is 55.8 Å². The Balaban J connectivity index is 1.59. The summed E-state index contributed by atoms with van der Waals surface area (Å²) in [5.74, 6) is 0.942. The van der Waals surface area contributed by atoms with Gasteiger partial charge in [-0.3, -0.25) is 9.89 Å². The van der Waals surface area contributed by atoms with Crippen LogP contribution in [0.2, 0.25) is 0 Å². The first-order valence-corrected chi connectivity index (χ1v) is 9.63. The van der Waals surface area contributed by atoms with E-state index in [2.05, 4.69) is 20.5 Å². The molecule has 1 aromatic heterocycles. The average molecular weight is 400 g/mol. The van der Waals surface area contributed by atoms with Gasteiger partial charge in [0, 0.05) is 5.56 Å². The van der Waals surface area contributed by atoms with Gasteiger partial charge in [-0.1, -0.05) is 23.9 Å². The van der Waals surface area contributed by atoms with Crippen molar-refractivity contribution in [3.8, 4) is 17.1 Å². The van der Waals surface area contributed by atoms with E-state index in [0.29, 0.717) is 11.0 Å². The molecule has 2 N–H and O–H groups in total. The fourth-order valence-corrected chi connectivity index (χ4v) is 3.29. The number of hydrogen-bond donors (Lipinski definition) is 2. The summed E-state index contributed by atoms with van der Waals surface area (Å²) in [5, 5.41) is 10.1. The summed E-state index contributed by atoms with van der Waals surface area (Å²) >= 11 is 1.26. The van der Waals surface area contributed by atoms with E-state index < -0.39 is 0 Å². The molecule has 0 fully saturated rings. The van der Waals surface area contributed by atoms with Gasteiger partial charge >= 0.3 is 0 Å². The van der Waals surface area contributed by atoms with Crippen molar-refractivity contribution >= 4 is 17.7 Å². The predicted molar refractivity (Wildman–Crippen MR) is 107 cm³/mol. The lowest BCUT2D eigenvalue weighted by Crippen LogP contribution is -2.33. The van der Waals surface area contributed by atoms with Crippen LogP contribution in [0.4, 0.5) is 4.39 Å². The molecule has 1 amide bonds. The van der Waals surface area contributed by atoms with E-state index >= 15 is 0 Å². The average Bonchev–Trinajstić information content (AvgIpc) is 3.17. The van der Waals surface area contributed by atoms with Crippen molar-refractivity contribution in [3.05, 3.63) is 59.9 Å². The molecule has 0 radical (unpaired) electrons. The second kappa shape index (κ2) is 8.88. The van der Waals surface area contributed by atoms with E-state index in [1.54, 1.807) is 26.2 Å². The van der Waals surface area contributed by atoms with Crippen LogP contribution < -0.4 is 10.1 Å². The van der Waals surface area contributed by atoms with Crippen LogP contribution in [0.15, 0.2) is 53.7 Å². The number of halogens is 1. The number of nitrogens with one attached hydrogen (secondary N) is 2. The molecule has 28 heavy (non-hydrogen) atoms. The Labute approximate surface area is 166 Å². The van der Waals surface area contributed by atoms with E-state index in [1.807, 2.05) is 31.2 Å². The van der Waals surface area contributed by atoms with Gasteiger partial charge in [0.25, 0.3) is 0 Å². The number of nitrogens with zero attached hydrogens (tertiary/aromatic N) is 2. The molecular formula is C20H21FN4O2S. The number of aromatic nitrogens is 3. The second-order valence-corrected chi connectivity index (χ2v) is 7.54. The highest BCUT2D eigenvalue weighted by molar-refractivity contribution is 8.00. The first-order valence-electron chi connectivity index (χ1n) is 8.75. The molecule has 2 aromatic carbocycles. The highest BCUT2D eigenvalue weighted by Gasteiger charge is 2.19. The number of carbonyl (C=O) groups excluding carboxylic acids is 1. The lowest BCUT2D eigenvalue weighted by molar-refractivity contribution is -0.120. The minimum absolute atomic E-state index is 0.141. The van der Waals surface area contributed by atoms with Crippen molar-refractivity contribution in [1.82, 2.24) is 20.5 Å². The Morgan fingerprint density at radius 2 is 1.82 bits per heavy atom. The molecule has 2 atom stereocenters. The fourth-order valence-electron chi connectivity index (χ4n) is 2.55. The predicted octanol–water partition coefficient (Wildman–Crippen LogP) is 3.98. The summed E-state index contributed by atoms with van der Waals surface area (Å²) in [4.78, 5) is 16.9. The summed E-state index contributed by atoms with van der Waals surface area (Å²) in [6, 6.07) is 13.3. The van der Waals surface area contributed by atoms with Gasteiger partial charge in [0.15, 0.2) is 5.82 Å². The number of carbonyl (C=O) groups is 1. The Bertz CT molecular complexity index is 928. The van der Waals surface area contributed by atoms with Crippen LogP contribution in [0.5, 0.6) is 5.75 Å². The molecule has 0 aliphatic rings. The maximum atomic E-state index is 13.0. The number of aromatic amines is 1. The monoisotopic (exact) mass is 400 g/mol. The molecule has 0 unspecified atom stereocenters. The number of H-pyrrole nitrogens is 1. The number of benzene rings is 2. The third-order valence-electron chi connectivity index (χ3n) is 4.21. The van der Waals surface area contributed by atoms with Crippen LogP contribution in [0.1, 0.15) is 25.5 Å². The largest absolute Gasteiger partial charge is 0.497 e. The molecule has 146 valence electrons. The molecule has 0 bridgehead atoms. The number of amides is 1. The molecule has 1 heterocycles. The summed E-state index contributed by atoms with van der Waals surface area (Å²) in [7, 11) is 1.61. The van der Waals surface area contributed by atoms with E-state index in [1.165, 1.54) is 23.9 Å². The van der Waals surface area contributed by atoms with Crippen molar-refractivity contribution in [3.63, 3.8) is 0 Å². The number of hydrogen-bond acceptors (Lipinski definition) is 5. The number of methoxy groups -OCH3 is 1. The number of rotatable bonds is 7. The third kappa shape index (κ3) is 4.89. The van der Waals surface area contributed by atoms with Crippen LogP contribution in [-0.2, 0) is 4.79 Å². The molecule has 0 aliphatic heterocycles. The van der Waals surface area contributed by atoms with Crippen LogP contribution in [0.25, 0.3) is 11.4 Å². The van der Waals surface area contributed by atoms with Crippen LogP contribution in [-0.4, -0.2) is 33.4 Å². The second-order valence-electron chi connectivity index (χ2n) is 6.24. The van der Waals surface area contributed by atoms with Crippen molar-refractivity contribution in [2.75, 3.05) is 7.11 Å². The molecule has 0 saturated heterocycles. The van der Waals surface area contributed by atoms with Crippen molar-refractivity contribution < 1.29 is 13.9 Å². The minimum Gasteiger partial charge on any atom is -0.497 e. The molecule has 3 aromatic rings. The van der Waals surface area contributed by atoms with E-state index in [0.717, 1.165) is 16.9 Å². The maximum absolute atomic E-state index is 13.0. The zero-order chi connectivity index (χ0) is 20.1. The van der Waals surface area contributed by atoms with Gasteiger partial charge < -0.3 is 10.1 Å². The number of ether oxygens (including phenoxy) is 1. The zero-order valence-electron chi connectivity index (χ0n) is 15.8. The third-order valence-corrected chi connectivity index (χ3v) is 5.17. The Kier molecular flexibility index (Phi) is 6.30. The Hall–Kier alpha value is -2.87. The standard InChI is InChI=1S/C20H21FN4O2S/c1-12(14-4-8-16(21)9-5-14)22-19(26)13(2)28-20-23-18(24-25-20)15-6-10-17(27-3)11-7-15/h4-13H,1-3H3,(H,22,26)(H,23,24,25)/t12-,13-/m0/s1. The van der Waals surface area contributed by atoms with E-state index in [4.69, 9.17) is 4.74 Å². The van der Waals surface area contributed by atoms with Crippen LogP contribution in [0, 0.1) is 5.82 Å². The highest BCUT2D eigenvalue weighted by atomic mass is 32.2. The normalized spacial score (nSPS) is 13.0. The smallest absolute Gasteiger partial charge is 0.233 e. The molecule has 0 aliphatic carbocycles. The van der Waals surface area contributed by atoms with Gasteiger partial charge in [-0.25, -0.2) is 9.37 Å². The first kappa shape index (κ1) is 19.9. The molecule has 8 heteroatoms. The molecule has 3 rings (SSSR count). The minimum atomic E-state index is -0.387. The topological polar surface area (TPSA) is 79.9 Å². The van der Waals surface area contributed by atoms with Crippen LogP contribution >= 0.6 is 11.8 Å². The van der Waals surface area contributed by atoms with Gasteiger partial charge in [-0.15, -0.1) is 5.10 Å². The quantitative estimate of drug-likeness (QED) is 0.587. The Morgan fingerprint density at radius 1 is 1.14 bits per heavy atom. The summed E-state index contributed by atoms with van der Waals surface area (Å²) in [5.41, 5.74) is 1.72. The van der Waals surface area contributed by atoms with Gasteiger partial charge in [-0.2, -0.15) is 0 Å². The first-order chi connectivity index (χ1) is 13.5. The van der Waals surface area contributed by atoms with Gasteiger partial charge in [0.1, 0.15) is 11.6 Å². The fraction of sp³-hybridized carbons (Fsp3) is 0.250. The van der Waals surface area contributed by atoms with Crippen molar-refractivity contribution in [2.24, 2.45) is 0 Å². The number of thioether (sulfide) groups is 1. The summed E-state index contributed by atoms with van der Waals surface area (Å²) in [6.45, 7) is 3.65. The Morgan fingerprint density at radius 3 is 2.46 bits per heavy atom. The lowest BCUT2D eigenvalue weighted by Gasteiger charge is -2.17. The SMILES string of the molecule is COc1ccc(-c2nc(S[C@@H](C)C(=O)N[C@@H](C)c3ccc(F)cc3)n[nH]2)cc1. The molecule has 0 spiro atoms. The summed E-state index contributed by atoms with van der Waals surface area (Å²) < 4.78 is 18.2. The van der Waals surface area contributed by atoms with Crippen LogP contribution in [0.3, 0.4) is 0 Å². The molecule has 6 nitrogen and oxygen atoms in total.